The van der Waals surface area contributed by atoms with E-state index in [4.69, 9.17) is 25.1 Å². The van der Waals surface area contributed by atoms with Gasteiger partial charge < -0.3 is 66.5 Å². The fourth-order valence-electron chi connectivity index (χ4n) is 2.71. The van der Waals surface area contributed by atoms with E-state index in [1.165, 1.54) is 0 Å². The molecule has 1 amide bonds. The van der Waals surface area contributed by atoms with Gasteiger partial charge in [0.05, 0.1) is 13.2 Å². The summed E-state index contributed by atoms with van der Waals surface area (Å²) in [5.74, 6) is -0.336. The molecular weight excluding hydrogens is 400 g/mol. The first kappa shape index (κ1) is 26.0. The van der Waals surface area contributed by atoms with Crippen LogP contribution in [0, 0.1) is 0 Å². The molecule has 2 rings (SSSR count). The molecule has 12 N–H and O–H groups in total. The normalized spacial score (nSPS) is 42.7. The molecule has 2 fully saturated rings. The van der Waals surface area contributed by atoms with Crippen molar-refractivity contribution in [3.8, 4) is 0 Å². The number of primary amides is 1. The van der Waals surface area contributed by atoms with Gasteiger partial charge in [0.2, 0.25) is 5.91 Å². The van der Waals surface area contributed by atoms with Crippen molar-refractivity contribution in [3.05, 3.63) is 0 Å². The van der Waals surface area contributed by atoms with Crippen LogP contribution in [0.3, 0.4) is 0 Å². The molecule has 0 aromatic heterocycles. The Balaban J connectivity index is 0.000000612. The van der Waals surface area contributed by atoms with E-state index >= 15 is 0 Å². The monoisotopic (exact) mass is 430 g/mol. The molecule has 0 bridgehead atoms. The molecular formula is C15H30N2O12. The molecule has 29 heavy (non-hydrogen) atoms. The Hall–Kier alpha value is -1.01. The lowest BCUT2D eigenvalue weighted by atomic mass is 9.97. The van der Waals surface area contributed by atoms with Crippen LogP contribution in [0.25, 0.3) is 0 Å². The lowest BCUT2D eigenvalue weighted by molar-refractivity contribution is -0.355. The highest BCUT2D eigenvalue weighted by molar-refractivity contribution is 5.73. The summed E-state index contributed by atoms with van der Waals surface area (Å²) in [5.41, 5.74) is 9.61. The second-order valence-electron chi connectivity index (χ2n) is 6.53. The third kappa shape index (κ3) is 6.74. The Morgan fingerprint density at radius 1 is 0.828 bits per heavy atom. The summed E-state index contributed by atoms with van der Waals surface area (Å²) in [6.45, 7) is -0.989. The van der Waals surface area contributed by atoms with Crippen LogP contribution in [0.5, 0.6) is 0 Å². The molecule has 0 aliphatic carbocycles. The largest absolute Gasteiger partial charge is 0.394 e. The maximum absolute atomic E-state index is 9.94. The Bertz CT molecular complexity index is 496. The first-order valence-electron chi connectivity index (χ1n) is 8.83. The summed E-state index contributed by atoms with van der Waals surface area (Å²) < 4.78 is 15.3. The Morgan fingerprint density at radius 3 is 1.86 bits per heavy atom. The number of hydrogen-bond donors (Lipinski definition) is 10. The molecule has 0 spiro atoms. The predicted molar refractivity (Wildman–Crippen MR) is 91.5 cm³/mol. The Kier molecular flexibility index (Phi) is 10.8. The summed E-state index contributed by atoms with van der Waals surface area (Å²) >= 11 is 0. The van der Waals surface area contributed by atoms with Crippen molar-refractivity contribution in [2.45, 2.75) is 67.8 Å². The molecule has 2 saturated heterocycles. The van der Waals surface area contributed by atoms with Gasteiger partial charge in [-0.05, 0) is 0 Å². The van der Waals surface area contributed by atoms with Gasteiger partial charge in [0.1, 0.15) is 48.8 Å². The molecule has 14 heteroatoms. The average molecular weight is 430 g/mol. The van der Waals surface area contributed by atoms with Gasteiger partial charge in [-0.25, -0.2) is 0 Å². The number of amides is 1. The first-order valence-corrected chi connectivity index (χ1v) is 8.83. The molecule has 14 nitrogen and oxygen atoms in total. The highest BCUT2D eigenvalue weighted by atomic mass is 16.7. The number of ether oxygens (including phenoxy) is 3. The van der Waals surface area contributed by atoms with Gasteiger partial charge in [0, 0.05) is 13.0 Å². The van der Waals surface area contributed by atoms with Crippen molar-refractivity contribution in [2.75, 3.05) is 19.8 Å². The second kappa shape index (κ2) is 12.0. The molecule has 0 saturated carbocycles. The summed E-state index contributed by atoms with van der Waals surface area (Å²) in [4.78, 5) is 9.74. The minimum Gasteiger partial charge on any atom is -0.394 e. The van der Waals surface area contributed by atoms with Crippen molar-refractivity contribution in [1.29, 1.82) is 0 Å². The smallest absolute Gasteiger partial charge is 0.218 e. The standard InChI is InChI=1S/C12H22O11.C3H8N2O/c13-1-3-5(15)6(16)9(19)12(22-3)23-10-4(2-14)21-11(20)8(18)7(10)17;4-2-1-3(5)6/h3-20H,1-2H2;1-2,4H2,(H2,5,6)/t3-,4-,5+,6+,7-,8-,9-,10-,11+,12+;/m1./s1. The van der Waals surface area contributed by atoms with E-state index in [0.717, 1.165) is 0 Å². The first-order chi connectivity index (χ1) is 13.6. The zero-order valence-corrected chi connectivity index (χ0v) is 15.5. The van der Waals surface area contributed by atoms with Gasteiger partial charge in [-0.15, -0.1) is 0 Å². The average Bonchev–Trinajstić information content (AvgIpc) is 2.68. The van der Waals surface area contributed by atoms with Gasteiger partial charge in [0.25, 0.3) is 0 Å². The van der Waals surface area contributed by atoms with Crippen molar-refractivity contribution in [3.63, 3.8) is 0 Å². The van der Waals surface area contributed by atoms with E-state index < -0.39 is 74.6 Å². The van der Waals surface area contributed by atoms with Gasteiger partial charge in [0.15, 0.2) is 12.6 Å². The molecule has 0 aromatic rings. The quantitative estimate of drug-likeness (QED) is 0.188. The van der Waals surface area contributed by atoms with Gasteiger partial charge >= 0.3 is 0 Å². The minimum atomic E-state index is -1.74. The van der Waals surface area contributed by atoms with E-state index in [0.29, 0.717) is 13.0 Å². The van der Waals surface area contributed by atoms with E-state index in [9.17, 15) is 40.5 Å². The van der Waals surface area contributed by atoms with Crippen LogP contribution < -0.4 is 11.5 Å². The van der Waals surface area contributed by atoms with Crippen LogP contribution in [0.1, 0.15) is 6.42 Å². The number of rotatable bonds is 6. The van der Waals surface area contributed by atoms with Crippen molar-refractivity contribution >= 4 is 5.91 Å². The molecule has 2 aliphatic heterocycles. The van der Waals surface area contributed by atoms with Crippen LogP contribution in [0.2, 0.25) is 0 Å². The lowest BCUT2D eigenvalue weighted by Gasteiger charge is -2.45. The SMILES string of the molecule is NCCC(N)=O.OC[C@H]1O[C@@H](O[C@H]2[C@H](O)[C@@H](O)[C@@H](O)O[C@@H]2CO)[C@H](O)[C@@H](O)[C@H]1O. The third-order valence-electron chi connectivity index (χ3n) is 4.37. The fourth-order valence-corrected chi connectivity index (χ4v) is 2.71. The van der Waals surface area contributed by atoms with E-state index in [1.807, 2.05) is 0 Å². The zero-order chi connectivity index (χ0) is 22.3. The van der Waals surface area contributed by atoms with Crippen LogP contribution in [-0.2, 0) is 19.0 Å². The highest BCUT2D eigenvalue weighted by Crippen LogP contribution is 2.28. The lowest BCUT2D eigenvalue weighted by Crippen LogP contribution is -2.64. The Morgan fingerprint density at radius 2 is 1.41 bits per heavy atom. The Labute approximate surface area is 165 Å². The fraction of sp³-hybridized carbons (Fsp3) is 0.933. The number of aliphatic hydroxyl groups is 8. The molecule has 0 aromatic carbocycles. The predicted octanol–water partition coefficient (Wildman–Crippen LogP) is -6.58. The maximum atomic E-state index is 9.94. The van der Waals surface area contributed by atoms with Gasteiger partial charge in [-0.3, -0.25) is 4.79 Å². The highest BCUT2D eigenvalue weighted by Gasteiger charge is 2.50. The summed E-state index contributed by atoms with van der Waals surface area (Å²) in [6.07, 6.45) is -15.3. The van der Waals surface area contributed by atoms with E-state index in [1.54, 1.807) is 0 Å². The van der Waals surface area contributed by atoms with Crippen molar-refractivity contribution in [2.24, 2.45) is 11.5 Å². The second-order valence-corrected chi connectivity index (χ2v) is 6.53. The topological polar surface area (TPSA) is 259 Å². The molecule has 172 valence electrons. The number of hydrogen-bond acceptors (Lipinski definition) is 13. The summed E-state index contributed by atoms with van der Waals surface area (Å²) in [5, 5.41) is 76.5. The van der Waals surface area contributed by atoms with Crippen LogP contribution in [-0.4, -0.2) is 128 Å². The van der Waals surface area contributed by atoms with E-state index in [2.05, 4.69) is 5.73 Å². The van der Waals surface area contributed by atoms with Gasteiger partial charge in [-0.2, -0.15) is 0 Å². The van der Waals surface area contributed by atoms with Crippen LogP contribution in [0.4, 0.5) is 0 Å². The zero-order valence-electron chi connectivity index (χ0n) is 15.5. The third-order valence-corrected chi connectivity index (χ3v) is 4.37. The van der Waals surface area contributed by atoms with Crippen molar-refractivity contribution in [1.82, 2.24) is 0 Å². The van der Waals surface area contributed by atoms with Crippen molar-refractivity contribution < 1.29 is 59.9 Å². The molecule has 10 atom stereocenters. The van der Waals surface area contributed by atoms with Crippen LogP contribution >= 0.6 is 0 Å². The summed E-state index contributed by atoms with van der Waals surface area (Å²) in [7, 11) is 0. The van der Waals surface area contributed by atoms with Gasteiger partial charge in [-0.1, -0.05) is 0 Å². The number of carbonyl (C=O) groups excluding carboxylic acids is 1. The molecule has 0 unspecified atom stereocenters. The minimum absolute atomic E-state index is 0.292. The van der Waals surface area contributed by atoms with Crippen LogP contribution in [0.15, 0.2) is 0 Å². The maximum Gasteiger partial charge on any atom is 0.218 e. The molecule has 2 aliphatic rings. The number of aliphatic hydroxyl groups excluding tert-OH is 8. The molecule has 0 radical (unpaired) electrons. The molecule has 2 heterocycles. The summed E-state index contributed by atoms with van der Waals surface area (Å²) in [6, 6.07) is 0. The number of nitrogens with two attached hydrogens (primary N) is 2. The number of carbonyl (C=O) groups is 1. The van der Waals surface area contributed by atoms with E-state index in [-0.39, 0.29) is 5.91 Å².